The van der Waals surface area contributed by atoms with Gasteiger partial charge in [0, 0.05) is 19.1 Å². The van der Waals surface area contributed by atoms with E-state index in [1.807, 2.05) is 7.05 Å². The summed E-state index contributed by atoms with van der Waals surface area (Å²) < 4.78 is 5.57. The maximum atomic E-state index is 5.57. The van der Waals surface area contributed by atoms with E-state index in [-0.39, 0.29) is 11.0 Å². The van der Waals surface area contributed by atoms with E-state index in [4.69, 9.17) is 4.74 Å². The van der Waals surface area contributed by atoms with Crippen LogP contribution in [0.3, 0.4) is 0 Å². The molecule has 0 aromatic carbocycles. The molecule has 0 aliphatic rings. The van der Waals surface area contributed by atoms with Gasteiger partial charge in [0.25, 0.3) is 0 Å². The van der Waals surface area contributed by atoms with Crippen molar-refractivity contribution in [1.29, 1.82) is 0 Å². The maximum absolute atomic E-state index is 5.57. The van der Waals surface area contributed by atoms with Gasteiger partial charge in [-0.15, -0.1) is 0 Å². The first-order chi connectivity index (χ1) is 5.93. The molecule has 0 aliphatic carbocycles. The summed E-state index contributed by atoms with van der Waals surface area (Å²) in [6, 6.07) is 0. The molecule has 0 saturated carbocycles. The Bertz CT molecular complexity index is 137. The van der Waals surface area contributed by atoms with Crippen molar-refractivity contribution in [3.8, 4) is 0 Å². The third-order valence-corrected chi connectivity index (χ3v) is 3.33. The van der Waals surface area contributed by atoms with E-state index in [1.54, 1.807) is 7.11 Å². The Balaban J connectivity index is 4.55. The molecule has 2 nitrogen and oxygen atoms in total. The molecule has 0 amide bonds. The Morgan fingerprint density at radius 3 is 2.08 bits per heavy atom. The molecule has 0 radical (unpaired) electrons. The van der Waals surface area contributed by atoms with Gasteiger partial charge >= 0.3 is 0 Å². The highest BCUT2D eigenvalue weighted by molar-refractivity contribution is 4.91. The standard InChI is InChI=1S/C11H25NO/c1-7-8-11(4,9-12-5)10(2,3)13-6/h12H,7-9H2,1-6H3. The Morgan fingerprint density at radius 1 is 1.23 bits per heavy atom. The molecule has 0 aliphatic heterocycles. The van der Waals surface area contributed by atoms with Crippen LogP contribution in [-0.4, -0.2) is 26.3 Å². The van der Waals surface area contributed by atoms with Crippen molar-refractivity contribution in [2.24, 2.45) is 5.41 Å². The van der Waals surface area contributed by atoms with Crippen LogP contribution in [0.25, 0.3) is 0 Å². The van der Waals surface area contributed by atoms with E-state index >= 15 is 0 Å². The van der Waals surface area contributed by atoms with Gasteiger partial charge in [0.15, 0.2) is 0 Å². The summed E-state index contributed by atoms with van der Waals surface area (Å²) in [5, 5.41) is 3.25. The second-order valence-electron chi connectivity index (χ2n) is 4.56. The van der Waals surface area contributed by atoms with Gasteiger partial charge in [-0.1, -0.05) is 20.3 Å². The van der Waals surface area contributed by atoms with E-state index in [0.717, 1.165) is 6.54 Å². The van der Waals surface area contributed by atoms with Crippen LogP contribution in [0.4, 0.5) is 0 Å². The molecule has 0 bridgehead atoms. The number of hydrogen-bond acceptors (Lipinski definition) is 2. The number of methoxy groups -OCH3 is 1. The maximum Gasteiger partial charge on any atom is 0.0688 e. The predicted molar refractivity (Wildman–Crippen MR) is 58.0 cm³/mol. The highest BCUT2D eigenvalue weighted by Crippen LogP contribution is 2.37. The van der Waals surface area contributed by atoms with Gasteiger partial charge in [-0.05, 0) is 27.3 Å². The van der Waals surface area contributed by atoms with Gasteiger partial charge in [-0.2, -0.15) is 0 Å². The number of nitrogens with one attached hydrogen (secondary N) is 1. The van der Waals surface area contributed by atoms with E-state index < -0.39 is 0 Å². The minimum absolute atomic E-state index is 0.0635. The molecule has 0 saturated heterocycles. The molecule has 0 spiro atoms. The minimum Gasteiger partial charge on any atom is -0.378 e. The minimum atomic E-state index is -0.0635. The van der Waals surface area contributed by atoms with Crippen molar-refractivity contribution < 1.29 is 4.74 Å². The SMILES string of the molecule is CCCC(C)(CNC)C(C)(C)OC. The van der Waals surface area contributed by atoms with Gasteiger partial charge in [-0.3, -0.25) is 0 Å². The van der Waals surface area contributed by atoms with Gasteiger partial charge in [0.05, 0.1) is 5.60 Å². The molecule has 0 aromatic rings. The van der Waals surface area contributed by atoms with Crippen LogP contribution in [0.2, 0.25) is 0 Å². The Kier molecular flexibility index (Phi) is 4.93. The fraction of sp³-hybridized carbons (Fsp3) is 1.00. The predicted octanol–water partition coefficient (Wildman–Crippen LogP) is 2.44. The summed E-state index contributed by atoms with van der Waals surface area (Å²) in [6.07, 6.45) is 2.39. The highest BCUT2D eigenvalue weighted by Gasteiger charge is 2.39. The van der Waals surface area contributed by atoms with Crippen molar-refractivity contribution in [2.75, 3.05) is 20.7 Å². The normalized spacial score (nSPS) is 17.1. The van der Waals surface area contributed by atoms with E-state index in [9.17, 15) is 0 Å². The third-order valence-electron chi connectivity index (χ3n) is 3.33. The van der Waals surface area contributed by atoms with Crippen LogP contribution in [0.1, 0.15) is 40.5 Å². The Morgan fingerprint density at radius 2 is 1.77 bits per heavy atom. The number of hydrogen-bond donors (Lipinski definition) is 1. The van der Waals surface area contributed by atoms with Crippen LogP contribution in [0, 0.1) is 5.41 Å². The summed E-state index contributed by atoms with van der Waals surface area (Å²) in [6.45, 7) is 9.85. The first-order valence-corrected chi connectivity index (χ1v) is 5.13. The molecule has 2 heteroatoms. The molecule has 1 N–H and O–H groups in total. The van der Waals surface area contributed by atoms with Gasteiger partial charge in [0.1, 0.15) is 0 Å². The van der Waals surface area contributed by atoms with Crippen molar-refractivity contribution in [3.63, 3.8) is 0 Å². The van der Waals surface area contributed by atoms with Crippen LogP contribution in [-0.2, 0) is 4.74 Å². The van der Waals surface area contributed by atoms with Gasteiger partial charge in [-0.25, -0.2) is 0 Å². The number of ether oxygens (including phenoxy) is 1. The second kappa shape index (κ2) is 4.97. The third kappa shape index (κ3) is 2.96. The average molecular weight is 187 g/mol. The van der Waals surface area contributed by atoms with E-state index in [1.165, 1.54) is 12.8 Å². The average Bonchev–Trinajstić information content (AvgIpc) is 2.05. The van der Waals surface area contributed by atoms with E-state index in [2.05, 4.69) is 33.0 Å². The first-order valence-electron chi connectivity index (χ1n) is 5.13. The topological polar surface area (TPSA) is 21.3 Å². The van der Waals surface area contributed by atoms with Crippen molar-refractivity contribution >= 4 is 0 Å². The zero-order valence-corrected chi connectivity index (χ0v) is 10.0. The molecule has 0 aromatic heterocycles. The van der Waals surface area contributed by atoms with Gasteiger partial charge in [0.2, 0.25) is 0 Å². The molecular weight excluding hydrogens is 162 g/mol. The zero-order chi connectivity index (χ0) is 10.5. The summed E-state index contributed by atoms with van der Waals surface area (Å²) >= 11 is 0. The smallest absolute Gasteiger partial charge is 0.0688 e. The summed E-state index contributed by atoms with van der Waals surface area (Å²) in [5.41, 5.74) is 0.150. The molecular formula is C11H25NO. The fourth-order valence-electron chi connectivity index (χ4n) is 1.79. The number of rotatable bonds is 6. The van der Waals surface area contributed by atoms with Crippen LogP contribution in [0.15, 0.2) is 0 Å². The van der Waals surface area contributed by atoms with Crippen LogP contribution >= 0.6 is 0 Å². The monoisotopic (exact) mass is 187 g/mol. The first kappa shape index (κ1) is 12.9. The van der Waals surface area contributed by atoms with Crippen LogP contribution in [0.5, 0.6) is 0 Å². The lowest BCUT2D eigenvalue weighted by molar-refractivity contribution is -0.0819. The Labute approximate surface area is 83.1 Å². The molecule has 0 rings (SSSR count). The lowest BCUT2D eigenvalue weighted by Gasteiger charge is -2.43. The summed E-state index contributed by atoms with van der Waals surface area (Å²) in [5.74, 6) is 0. The van der Waals surface area contributed by atoms with E-state index in [0.29, 0.717) is 0 Å². The second-order valence-corrected chi connectivity index (χ2v) is 4.56. The lowest BCUT2D eigenvalue weighted by atomic mass is 9.72. The van der Waals surface area contributed by atoms with Crippen molar-refractivity contribution in [3.05, 3.63) is 0 Å². The molecule has 0 fully saturated rings. The summed E-state index contributed by atoms with van der Waals surface area (Å²) in [7, 11) is 3.79. The highest BCUT2D eigenvalue weighted by atomic mass is 16.5. The van der Waals surface area contributed by atoms with Crippen LogP contribution < -0.4 is 5.32 Å². The molecule has 1 atom stereocenters. The van der Waals surface area contributed by atoms with Gasteiger partial charge < -0.3 is 10.1 Å². The summed E-state index contributed by atoms with van der Waals surface area (Å²) in [4.78, 5) is 0. The van der Waals surface area contributed by atoms with Crippen molar-refractivity contribution in [1.82, 2.24) is 5.32 Å². The molecule has 1 unspecified atom stereocenters. The molecule has 13 heavy (non-hydrogen) atoms. The molecule has 0 heterocycles. The quantitative estimate of drug-likeness (QED) is 0.689. The Hall–Kier alpha value is -0.0800. The van der Waals surface area contributed by atoms with Crippen molar-refractivity contribution in [2.45, 2.75) is 46.1 Å². The zero-order valence-electron chi connectivity index (χ0n) is 10.0. The fourth-order valence-corrected chi connectivity index (χ4v) is 1.79. The lowest BCUT2D eigenvalue weighted by Crippen LogP contribution is -2.48. The largest absolute Gasteiger partial charge is 0.378 e. The molecule has 80 valence electrons.